The standard InChI is InChI=1S/C20H20Cl2N6O2/c1-25-4-5-27(20(25)30)11-16(29)26-6-7-28-15(10-26)17(12-8-23-24-9-12)13-2-3-14(21)18(22)19(13)28/h2-3,8-9H,4-7,10-11H2,1H3,(H,23,24). The van der Waals surface area contributed by atoms with E-state index in [1.165, 1.54) is 0 Å². The smallest absolute Gasteiger partial charge is 0.320 e. The van der Waals surface area contributed by atoms with Gasteiger partial charge >= 0.3 is 6.03 Å². The highest BCUT2D eigenvalue weighted by Gasteiger charge is 2.32. The Kier molecular flexibility index (Phi) is 4.63. The number of carbonyl (C=O) groups is 2. The topological polar surface area (TPSA) is 77.5 Å². The Morgan fingerprint density at radius 3 is 2.73 bits per heavy atom. The molecule has 0 atom stereocenters. The van der Waals surface area contributed by atoms with Gasteiger partial charge in [0.1, 0.15) is 6.54 Å². The first kappa shape index (κ1) is 19.3. The summed E-state index contributed by atoms with van der Waals surface area (Å²) in [7, 11) is 1.75. The zero-order valence-corrected chi connectivity index (χ0v) is 17.9. The zero-order chi connectivity index (χ0) is 21.0. The average molecular weight is 447 g/mol. The fourth-order valence-electron chi connectivity index (χ4n) is 4.36. The van der Waals surface area contributed by atoms with E-state index in [9.17, 15) is 9.59 Å². The van der Waals surface area contributed by atoms with Crippen LogP contribution < -0.4 is 0 Å². The monoisotopic (exact) mass is 446 g/mol. The Morgan fingerprint density at radius 1 is 1.20 bits per heavy atom. The van der Waals surface area contributed by atoms with Crippen LogP contribution >= 0.6 is 23.2 Å². The number of urea groups is 1. The van der Waals surface area contributed by atoms with Crippen LogP contribution in [0.3, 0.4) is 0 Å². The minimum atomic E-state index is -0.102. The van der Waals surface area contributed by atoms with E-state index in [0.29, 0.717) is 42.8 Å². The molecule has 0 spiro atoms. The molecule has 5 rings (SSSR count). The molecule has 1 N–H and O–H groups in total. The van der Waals surface area contributed by atoms with Crippen molar-refractivity contribution in [3.05, 3.63) is 40.3 Å². The summed E-state index contributed by atoms with van der Waals surface area (Å²) < 4.78 is 2.14. The summed E-state index contributed by atoms with van der Waals surface area (Å²) in [5.74, 6) is -0.0579. The highest BCUT2D eigenvalue weighted by molar-refractivity contribution is 6.45. The molecule has 4 heterocycles. The van der Waals surface area contributed by atoms with Crippen molar-refractivity contribution in [3.8, 4) is 11.1 Å². The third-order valence-electron chi connectivity index (χ3n) is 5.92. The summed E-state index contributed by atoms with van der Waals surface area (Å²) in [6.45, 7) is 2.88. The minimum absolute atomic E-state index is 0.0579. The summed E-state index contributed by atoms with van der Waals surface area (Å²) in [5, 5.41) is 8.93. The molecule has 0 aliphatic carbocycles. The van der Waals surface area contributed by atoms with Crippen molar-refractivity contribution in [3.63, 3.8) is 0 Å². The number of aromatic nitrogens is 3. The number of fused-ring (bicyclic) bond motifs is 3. The van der Waals surface area contributed by atoms with Crippen LogP contribution in [0.15, 0.2) is 24.5 Å². The summed E-state index contributed by atoms with van der Waals surface area (Å²) in [5.41, 5.74) is 3.78. The van der Waals surface area contributed by atoms with Crippen LogP contribution in [0, 0.1) is 0 Å². The molecule has 156 valence electrons. The van der Waals surface area contributed by atoms with E-state index < -0.39 is 0 Å². The molecule has 0 unspecified atom stereocenters. The van der Waals surface area contributed by atoms with Crippen LogP contribution in [0.2, 0.25) is 10.0 Å². The van der Waals surface area contributed by atoms with Crippen molar-refractivity contribution in [2.75, 3.05) is 33.2 Å². The van der Waals surface area contributed by atoms with E-state index >= 15 is 0 Å². The fourth-order valence-corrected chi connectivity index (χ4v) is 4.78. The van der Waals surface area contributed by atoms with E-state index in [-0.39, 0.29) is 18.5 Å². The molecule has 0 saturated carbocycles. The number of likely N-dealkylation sites (N-methyl/N-ethyl adjacent to an activating group) is 1. The van der Waals surface area contributed by atoms with Gasteiger partial charge in [0.25, 0.3) is 0 Å². The van der Waals surface area contributed by atoms with Crippen molar-refractivity contribution in [2.45, 2.75) is 13.1 Å². The Bertz CT molecular complexity index is 1160. The number of H-pyrrole nitrogens is 1. The van der Waals surface area contributed by atoms with Gasteiger partial charge in [0.05, 0.1) is 28.3 Å². The highest BCUT2D eigenvalue weighted by Crippen LogP contribution is 2.42. The van der Waals surface area contributed by atoms with E-state index in [0.717, 1.165) is 27.7 Å². The molecule has 30 heavy (non-hydrogen) atoms. The first-order chi connectivity index (χ1) is 14.5. The van der Waals surface area contributed by atoms with Gasteiger partial charge < -0.3 is 19.3 Å². The Hall–Kier alpha value is -2.71. The Labute approximate surface area is 182 Å². The number of amides is 3. The van der Waals surface area contributed by atoms with Crippen LogP contribution in [0.25, 0.3) is 22.0 Å². The predicted octanol–water partition coefficient (Wildman–Crippen LogP) is 3.05. The second kappa shape index (κ2) is 7.21. The van der Waals surface area contributed by atoms with Gasteiger partial charge in [0, 0.05) is 61.6 Å². The molecule has 2 aromatic heterocycles. The molecule has 0 radical (unpaired) electrons. The van der Waals surface area contributed by atoms with E-state index in [2.05, 4.69) is 14.8 Å². The van der Waals surface area contributed by atoms with Crippen LogP contribution in [0.5, 0.6) is 0 Å². The van der Waals surface area contributed by atoms with Gasteiger partial charge in [-0.05, 0) is 6.07 Å². The van der Waals surface area contributed by atoms with Gasteiger partial charge in [-0.25, -0.2) is 4.79 Å². The number of benzene rings is 1. The number of hydrogen-bond acceptors (Lipinski definition) is 3. The van der Waals surface area contributed by atoms with Crippen molar-refractivity contribution >= 4 is 46.0 Å². The van der Waals surface area contributed by atoms with Gasteiger partial charge in [0.15, 0.2) is 0 Å². The first-order valence-corrected chi connectivity index (χ1v) is 10.5. The van der Waals surface area contributed by atoms with Gasteiger partial charge in [-0.3, -0.25) is 9.89 Å². The Balaban J connectivity index is 1.52. The molecule has 2 aliphatic heterocycles. The van der Waals surface area contributed by atoms with Gasteiger partial charge in [-0.15, -0.1) is 0 Å². The van der Waals surface area contributed by atoms with Crippen molar-refractivity contribution in [2.24, 2.45) is 0 Å². The number of nitrogens with zero attached hydrogens (tertiary/aromatic N) is 5. The molecule has 2 aliphatic rings. The summed E-state index contributed by atoms with van der Waals surface area (Å²) in [6, 6.07) is 3.65. The average Bonchev–Trinajstić information content (AvgIpc) is 3.44. The second-order valence-corrected chi connectivity index (χ2v) is 8.44. The van der Waals surface area contributed by atoms with Crippen molar-refractivity contribution < 1.29 is 9.59 Å². The molecule has 1 aromatic carbocycles. The fraction of sp³-hybridized carbons (Fsp3) is 0.350. The van der Waals surface area contributed by atoms with Gasteiger partial charge in [0.2, 0.25) is 5.91 Å². The molecule has 3 aromatic rings. The molecule has 0 bridgehead atoms. The second-order valence-electron chi connectivity index (χ2n) is 7.66. The number of hydrogen-bond donors (Lipinski definition) is 1. The summed E-state index contributed by atoms with van der Waals surface area (Å²) in [4.78, 5) is 30.2. The zero-order valence-electron chi connectivity index (χ0n) is 16.4. The number of carbonyl (C=O) groups excluding carboxylic acids is 2. The molecule has 10 heteroatoms. The largest absolute Gasteiger partial charge is 0.339 e. The molecular weight excluding hydrogens is 427 g/mol. The van der Waals surface area contributed by atoms with Crippen molar-refractivity contribution in [1.82, 2.24) is 29.5 Å². The number of nitrogens with one attached hydrogen (secondary N) is 1. The van der Waals surface area contributed by atoms with E-state index in [4.69, 9.17) is 23.2 Å². The maximum atomic E-state index is 13.0. The number of aromatic amines is 1. The van der Waals surface area contributed by atoms with E-state index in [1.807, 2.05) is 12.3 Å². The van der Waals surface area contributed by atoms with Crippen LogP contribution in [-0.4, -0.2) is 74.6 Å². The minimum Gasteiger partial charge on any atom is -0.339 e. The lowest BCUT2D eigenvalue weighted by molar-refractivity contribution is -0.133. The molecule has 8 nitrogen and oxygen atoms in total. The maximum Gasteiger partial charge on any atom is 0.320 e. The van der Waals surface area contributed by atoms with Crippen molar-refractivity contribution in [1.29, 1.82) is 0 Å². The first-order valence-electron chi connectivity index (χ1n) is 9.71. The van der Waals surface area contributed by atoms with Crippen LogP contribution in [0.4, 0.5) is 4.79 Å². The van der Waals surface area contributed by atoms with Crippen LogP contribution in [-0.2, 0) is 17.9 Å². The highest BCUT2D eigenvalue weighted by atomic mass is 35.5. The Morgan fingerprint density at radius 2 is 2.03 bits per heavy atom. The quantitative estimate of drug-likeness (QED) is 0.671. The number of rotatable bonds is 3. The molecule has 1 fully saturated rings. The third-order valence-corrected chi connectivity index (χ3v) is 6.72. The predicted molar refractivity (Wildman–Crippen MR) is 115 cm³/mol. The summed E-state index contributed by atoms with van der Waals surface area (Å²) >= 11 is 12.9. The third kappa shape index (κ3) is 2.94. The maximum absolute atomic E-state index is 13.0. The molecule has 1 saturated heterocycles. The SMILES string of the molecule is CN1CCN(CC(=O)N2CCn3c(c(-c4cn[nH]c4)c4ccc(Cl)c(Cl)c43)C2)C1=O. The van der Waals surface area contributed by atoms with Crippen LogP contribution in [0.1, 0.15) is 5.69 Å². The lowest BCUT2D eigenvalue weighted by atomic mass is 10.0. The van der Waals surface area contributed by atoms with Gasteiger partial charge in [-0.1, -0.05) is 29.3 Å². The van der Waals surface area contributed by atoms with E-state index in [1.54, 1.807) is 34.0 Å². The lowest BCUT2D eigenvalue weighted by Gasteiger charge is -2.31. The normalized spacial score (nSPS) is 16.6. The summed E-state index contributed by atoms with van der Waals surface area (Å²) in [6.07, 6.45) is 3.59. The van der Waals surface area contributed by atoms with Gasteiger partial charge in [-0.2, -0.15) is 5.10 Å². The number of halogens is 2. The lowest BCUT2D eigenvalue weighted by Crippen LogP contribution is -2.44. The molecule has 3 amide bonds. The molecular formula is C20H20Cl2N6O2.